The number of hydrogen-bond donors (Lipinski definition) is 0. The van der Waals surface area contributed by atoms with Crippen LogP contribution in [0, 0.1) is 5.92 Å². The Bertz CT molecular complexity index is 1280. The van der Waals surface area contributed by atoms with Gasteiger partial charge in [0.2, 0.25) is 12.2 Å². The molecule has 1 atom stereocenters. The Balaban J connectivity index is 1.37. The third-order valence-electron chi connectivity index (χ3n) is 7.84. The predicted octanol–water partition coefficient (Wildman–Crippen LogP) is 3.40. The first-order chi connectivity index (χ1) is 18.2. The fourth-order valence-corrected chi connectivity index (χ4v) is 6.35. The topological polar surface area (TPSA) is 95.2 Å². The summed E-state index contributed by atoms with van der Waals surface area (Å²) in [6, 6.07) is 6.06. The summed E-state index contributed by atoms with van der Waals surface area (Å²) < 4.78 is 20.0. The standard InChI is InChI=1S/C27H38N4O6Si/c1-28-24-20(29-12-10-19(11-13-29)26-36-14-15-37-26)6-5-7-21(24)31(27(28)34)22-8-9-23(32)30(25(22)33)18-35-16-17-38(2,3)4/h5-7,14-15,19,22,26H,8-13,16-18H2,1-4H3. The molecule has 11 heteroatoms. The first-order valence-electron chi connectivity index (χ1n) is 13.5. The van der Waals surface area contributed by atoms with Gasteiger partial charge in [-0.25, -0.2) is 4.79 Å². The van der Waals surface area contributed by atoms with Crippen molar-refractivity contribution in [1.82, 2.24) is 14.0 Å². The van der Waals surface area contributed by atoms with Crippen LogP contribution in [0.15, 0.2) is 35.5 Å². The van der Waals surface area contributed by atoms with Gasteiger partial charge in [-0.2, -0.15) is 0 Å². The highest BCUT2D eigenvalue weighted by Gasteiger charge is 2.38. The van der Waals surface area contributed by atoms with E-state index in [2.05, 4.69) is 24.5 Å². The largest absolute Gasteiger partial charge is 0.459 e. The van der Waals surface area contributed by atoms with Crippen LogP contribution in [-0.2, 0) is 30.8 Å². The number of imide groups is 1. The molecular weight excluding hydrogens is 504 g/mol. The zero-order valence-corrected chi connectivity index (χ0v) is 23.7. The van der Waals surface area contributed by atoms with E-state index < -0.39 is 14.1 Å². The van der Waals surface area contributed by atoms with Gasteiger partial charge in [0.1, 0.15) is 25.3 Å². The molecule has 10 nitrogen and oxygen atoms in total. The Morgan fingerprint density at radius 1 is 1.03 bits per heavy atom. The smallest absolute Gasteiger partial charge is 0.329 e. The second-order valence-corrected chi connectivity index (χ2v) is 17.3. The number of carbonyl (C=O) groups is 2. The number of aromatic nitrogens is 2. The van der Waals surface area contributed by atoms with Gasteiger partial charge in [-0.15, -0.1) is 0 Å². The minimum Gasteiger partial charge on any atom is -0.459 e. The van der Waals surface area contributed by atoms with E-state index in [1.165, 1.54) is 4.90 Å². The number of carbonyl (C=O) groups excluding carboxylic acids is 2. The molecule has 0 aliphatic carbocycles. The molecule has 1 aromatic carbocycles. The first kappa shape index (κ1) is 26.5. The maximum absolute atomic E-state index is 13.5. The number of fused-ring (bicyclic) bond motifs is 1. The molecule has 2 saturated heterocycles. The summed E-state index contributed by atoms with van der Waals surface area (Å²) in [7, 11) is 0.458. The lowest BCUT2D eigenvalue weighted by Crippen LogP contribution is -2.48. The van der Waals surface area contributed by atoms with Crippen LogP contribution in [0.1, 0.15) is 31.7 Å². The Hall–Kier alpha value is -3.05. The third kappa shape index (κ3) is 5.13. The van der Waals surface area contributed by atoms with Crippen molar-refractivity contribution in [2.24, 2.45) is 13.0 Å². The number of para-hydroxylation sites is 1. The summed E-state index contributed by atoms with van der Waals surface area (Å²) in [5, 5.41) is 0. The maximum atomic E-state index is 13.5. The molecule has 4 heterocycles. The Kier molecular flexibility index (Phi) is 7.41. The highest BCUT2D eigenvalue weighted by molar-refractivity contribution is 6.76. The number of piperidine rings is 2. The Labute approximate surface area is 223 Å². The van der Waals surface area contributed by atoms with Crippen molar-refractivity contribution < 1.29 is 23.8 Å². The molecular formula is C27H38N4O6Si. The summed E-state index contributed by atoms with van der Waals surface area (Å²) in [4.78, 5) is 43.1. The van der Waals surface area contributed by atoms with E-state index in [1.807, 2.05) is 18.2 Å². The molecule has 2 fully saturated rings. The second-order valence-electron chi connectivity index (χ2n) is 11.7. The van der Waals surface area contributed by atoms with Crippen molar-refractivity contribution in [3.63, 3.8) is 0 Å². The minimum atomic E-state index is -1.29. The molecule has 1 aromatic heterocycles. The van der Waals surface area contributed by atoms with Gasteiger partial charge < -0.3 is 19.1 Å². The zero-order valence-electron chi connectivity index (χ0n) is 22.7. The quantitative estimate of drug-likeness (QED) is 0.287. The van der Waals surface area contributed by atoms with Gasteiger partial charge in [-0.3, -0.25) is 23.6 Å². The maximum Gasteiger partial charge on any atom is 0.329 e. The van der Waals surface area contributed by atoms with Gasteiger partial charge in [0.15, 0.2) is 0 Å². The van der Waals surface area contributed by atoms with E-state index in [-0.39, 0.29) is 36.9 Å². The van der Waals surface area contributed by atoms with Crippen LogP contribution < -0.4 is 10.6 Å². The lowest BCUT2D eigenvalue weighted by molar-refractivity contribution is -0.157. The molecule has 0 bridgehead atoms. The number of rotatable bonds is 8. The van der Waals surface area contributed by atoms with Crippen LogP contribution in [0.4, 0.5) is 5.69 Å². The van der Waals surface area contributed by atoms with Crippen LogP contribution in [0.25, 0.3) is 11.0 Å². The van der Waals surface area contributed by atoms with Crippen LogP contribution in [0.5, 0.6) is 0 Å². The summed E-state index contributed by atoms with van der Waals surface area (Å²) >= 11 is 0. The highest BCUT2D eigenvalue weighted by atomic mass is 28.3. The monoisotopic (exact) mass is 542 g/mol. The van der Waals surface area contributed by atoms with E-state index in [9.17, 15) is 14.4 Å². The zero-order chi connectivity index (χ0) is 27.0. The molecule has 3 aliphatic rings. The van der Waals surface area contributed by atoms with Crippen molar-refractivity contribution in [3.8, 4) is 0 Å². The predicted molar refractivity (Wildman–Crippen MR) is 146 cm³/mol. The molecule has 38 heavy (non-hydrogen) atoms. The average molecular weight is 543 g/mol. The van der Waals surface area contributed by atoms with Gasteiger partial charge in [0.25, 0.3) is 5.91 Å². The molecule has 0 radical (unpaired) electrons. The summed E-state index contributed by atoms with van der Waals surface area (Å²) in [5.41, 5.74) is 2.22. The van der Waals surface area contributed by atoms with Crippen LogP contribution >= 0.6 is 0 Å². The normalized spacial score (nSPS) is 21.4. The molecule has 5 rings (SSSR count). The van der Waals surface area contributed by atoms with Crippen LogP contribution in [0.3, 0.4) is 0 Å². The first-order valence-corrected chi connectivity index (χ1v) is 17.2. The number of amides is 2. The Morgan fingerprint density at radius 3 is 2.42 bits per heavy atom. The third-order valence-corrected chi connectivity index (χ3v) is 9.54. The highest BCUT2D eigenvalue weighted by Crippen LogP contribution is 2.34. The molecule has 206 valence electrons. The number of nitrogens with zero attached hydrogens (tertiary/aromatic N) is 4. The van der Waals surface area contributed by atoms with Gasteiger partial charge in [-0.05, 0) is 37.4 Å². The number of hydrogen-bond acceptors (Lipinski definition) is 7. The van der Waals surface area contributed by atoms with Crippen molar-refractivity contribution in [2.45, 2.75) is 63.7 Å². The number of likely N-dealkylation sites (tertiary alicyclic amines) is 1. The van der Waals surface area contributed by atoms with Crippen molar-refractivity contribution in [1.29, 1.82) is 0 Å². The average Bonchev–Trinajstić information content (AvgIpc) is 3.51. The summed E-state index contributed by atoms with van der Waals surface area (Å²) in [6.45, 7) is 8.83. The van der Waals surface area contributed by atoms with E-state index in [0.29, 0.717) is 24.5 Å². The van der Waals surface area contributed by atoms with E-state index >= 15 is 0 Å². The molecule has 2 amide bonds. The van der Waals surface area contributed by atoms with E-state index in [4.69, 9.17) is 14.2 Å². The molecule has 0 spiro atoms. The van der Waals surface area contributed by atoms with Gasteiger partial charge in [-0.1, -0.05) is 25.7 Å². The molecule has 0 saturated carbocycles. The number of benzene rings is 1. The summed E-state index contributed by atoms with van der Waals surface area (Å²) in [6.07, 6.45) is 5.28. The fraction of sp³-hybridized carbons (Fsp3) is 0.593. The second kappa shape index (κ2) is 10.6. The number of anilines is 1. The summed E-state index contributed by atoms with van der Waals surface area (Å²) in [5.74, 6) is -0.313. The van der Waals surface area contributed by atoms with Crippen LogP contribution in [-0.4, -0.2) is 66.6 Å². The molecule has 0 N–H and O–H groups in total. The minimum absolute atomic E-state index is 0.0672. The van der Waals surface area contributed by atoms with Gasteiger partial charge in [0, 0.05) is 47.2 Å². The number of aryl methyl sites for hydroxylation is 1. The lowest BCUT2D eigenvalue weighted by Gasteiger charge is -2.35. The van der Waals surface area contributed by atoms with E-state index in [1.54, 1.807) is 28.7 Å². The number of imidazole rings is 1. The van der Waals surface area contributed by atoms with Crippen LogP contribution in [0.2, 0.25) is 25.7 Å². The van der Waals surface area contributed by atoms with Crippen molar-refractivity contribution >= 4 is 36.6 Å². The van der Waals surface area contributed by atoms with Crippen molar-refractivity contribution in [2.75, 3.05) is 31.3 Å². The molecule has 2 aromatic rings. The van der Waals surface area contributed by atoms with E-state index in [0.717, 1.165) is 43.2 Å². The van der Waals surface area contributed by atoms with Gasteiger partial charge in [0.05, 0.1) is 16.7 Å². The molecule has 1 unspecified atom stereocenters. The van der Waals surface area contributed by atoms with Gasteiger partial charge >= 0.3 is 5.69 Å². The van der Waals surface area contributed by atoms with Crippen molar-refractivity contribution in [3.05, 3.63) is 41.2 Å². The molecule has 3 aliphatic heterocycles. The lowest BCUT2D eigenvalue weighted by atomic mass is 9.95. The number of ether oxygens (including phenoxy) is 3. The Morgan fingerprint density at radius 2 is 1.74 bits per heavy atom. The SMILES string of the molecule is Cn1c(=O)n(C2CCC(=O)N(COCC[Si](C)(C)C)C2=O)c2cccc(N3CCC(C4OC=CO4)CC3)c21. The fourth-order valence-electron chi connectivity index (χ4n) is 5.59.